The van der Waals surface area contributed by atoms with Gasteiger partial charge in [-0.25, -0.2) is 8.42 Å². The van der Waals surface area contributed by atoms with Crippen LogP contribution in [0.4, 0.5) is 24.5 Å². The predicted octanol–water partition coefficient (Wildman–Crippen LogP) is 4.90. The third kappa shape index (κ3) is 7.07. The van der Waals surface area contributed by atoms with Gasteiger partial charge in [0, 0.05) is 37.6 Å². The Morgan fingerprint density at radius 1 is 1.00 bits per heavy atom. The number of carbonyl (C=O) groups is 1. The number of piperazine rings is 1. The molecule has 1 fully saturated rings. The van der Waals surface area contributed by atoms with E-state index in [4.69, 9.17) is 21.1 Å². The minimum Gasteiger partial charge on any atom is -0.497 e. The van der Waals surface area contributed by atoms with Gasteiger partial charge in [-0.05, 0) is 60.7 Å². The molecule has 0 aromatic heterocycles. The van der Waals surface area contributed by atoms with Crippen molar-refractivity contribution in [3.05, 3.63) is 77.3 Å². The lowest BCUT2D eigenvalue weighted by molar-refractivity contribution is -0.137. The van der Waals surface area contributed by atoms with Gasteiger partial charge in [-0.1, -0.05) is 17.7 Å². The second-order valence-electron chi connectivity index (χ2n) is 8.63. The Bertz CT molecular complexity index is 1430. The molecule has 8 nitrogen and oxygen atoms in total. The van der Waals surface area contributed by atoms with Crippen LogP contribution in [0.2, 0.25) is 5.02 Å². The number of rotatable bonds is 8. The standard InChI is InChI=1S/C26H25ClF3N3O5S/c1-37-21-7-5-20(6-8-21)32-11-13-33(14-12-32)25(34)17-38-24-10-9-22(16-23(24)27)39(35,36)31-19-4-2-3-18(15-19)26(28,29)30/h2-10,15-16,31H,11-14,17H2,1H3. The van der Waals surface area contributed by atoms with Gasteiger partial charge in [-0.2, -0.15) is 13.2 Å². The Hall–Kier alpha value is -3.64. The number of hydrogen-bond donors (Lipinski definition) is 1. The van der Waals surface area contributed by atoms with Gasteiger partial charge in [0.25, 0.3) is 15.9 Å². The molecule has 0 spiro atoms. The molecule has 0 unspecified atom stereocenters. The second-order valence-corrected chi connectivity index (χ2v) is 10.7. The fourth-order valence-electron chi connectivity index (χ4n) is 3.98. The van der Waals surface area contributed by atoms with Crippen molar-refractivity contribution in [2.24, 2.45) is 0 Å². The van der Waals surface area contributed by atoms with Crippen LogP contribution in [0, 0.1) is 0 Å². The van der Waals surface area contributed by atoms with Crippen LogP contribution in [0.1, 0.15) is 5.56 Å². The number of sulfonamides is 1. The van der Waals surface area contributed by atoms with Crippen molar-refractivity contribution < 1.29 is 35.9 Å². The lowest BCUT2D eigenvalue weighted by atomic mass is 10.2. The predicted molar refractivity (Wildman–Crippen MR) is 141 cm³/mol. The number of methoxy groups -OCH3 is 1. The summed E-state index contributed by atoms with van der Waals surface area (Å²) in [6.45, 7) is 1.99. The maximum atomic E-state index is 12.9. The lowest BCUT2D eigenvalue weighted by Gasteiger charge is -2.36. The van der Waals surface area contributed by atoms with Gasteiger partial charge in [0.05, 0.1) is 22.6 Å². The quantitative estimate of drug-likeness (QED) is 0.406. The zero-order valence-corrected chi connectivity index (χ0v) is 22.3. The number of alkyl halides is 3. The van der Waals surface area contributed by atoms with Gasteiger partial charge in [-0.3, -0.25) is 9.52 Å². The van der Waals surface area contributed by atoms with E-state index in [1.807, 2.05) is 24.3 Å². The molecule has 1 saturated heterocycles. The van der Waals surface area contributed by atoms with Crippen molar-refractivity contribution in [3.8, 4) is 11.5 Å². The van der Waals surface area contributed by atoms with Crippen molar-refractivity contribution in [1.82, 2.24) is 4.90 Å². The maximum absolute atomic E-state index is 12.9. The van der Waals surface area contributed by atoms with Crippen LogP contribution in [0.3, 0.4) is 0 Å². The SMILES string of the molecule is COc1ccc(N2CCN(C(=O)COc3ccc(S(=O)(=O)Nc4cccc(C(F)(F)F)c4)cc3Cl)CC2)cc1. The summed E-state index contributed by atoms with van der Waals surface area (Å²) in [6, 6.07) is 15.1. The topological polar surface area (TPSA) is 88.2 Å². The fraction of sp³-hybridized carbons (Fsp3) is 0.269. The molecule has 4 rings (SSSR count). The van der Waals surface area contributed by atoms with Crippen molar-refractivity contribution in [1.29, 1.82) is 0 Å². The van der Waals surface area contributed by atoms with E-state index in [0.717, 1.165) is 29.6 Å². The summed E-state index contributed by atoms with van der Waals surface area (Å²) in [4.78, 5) is 16.2. The van der Waals surface area contributed by atoms with E-state index in [9.17, 15) is 26.4 Å². The highest BCUT2D eigenvalue weighted by atomic mass is 35.5. The first-order valence-electron chi connectivity index (χ1n) is 11.8. The second kappa shape index (κ2) is 11.6. The number of carbonyl (C=O) groups excluding carboxylic acids is 1. The number of benzene rings is 3. The van der Waals surface area contributed by atoms with Crippen LogP contribution in [0.5, 0.6) is 11.5 Å². The number of nitrogens with one attached hydrogen (secondary N) is 1. The molecule has 0 radical (unpaired) electrons. The molecule has 208 valence electrons. The molecule has 13 heteroatoms. The molecular formula is C26H25ClF3N3O5S. The molecule has 1 aliphatic rings. The Labute approximate surface area is 228 Å². The van der Waals surface area contributed by atoms with Gasteiger partial charge in [0.15, 0.2) is 6.61 Å². The summed E-state index contributed by atoms with van der Waals surface area (Å²) < 4.78 is 77.0. The van der Waals surface area contributed by atoms with E-state index in [0.29, 0.717) is 32.2 Å². The summed E-state index contributed by atoms with van der Waals surface area (Å²) in [5.74, 6) is 0.615. The van der Waals surface area contributed by atoms with Gasteiger partial charge in [0.2, 0.25) is 0 Å². The fourth-order valence-corrected chi connectivity index (χ4v) is 5.35. The molecule has 1 amide bonds. The number of anilines is 2. The molecule has 1 N–H and O–H groups in total. The number of halogens is 4. The minimum atomic E-state index is -4.62. The summed E-state index contributed by atoms with van der Waals surface area (Å²) in [5, 5.41) is -0.0703. The van der Waals surface area contributed by atoms with Gasteiger partial charge in [-0.15, -0.1) is 0 Å². The monoisotopic (exact) mass is 583 g/mol. The third-order valence-corrected chi connectivity index (χ3v) is 7.75. The highest BCUT2D eigenvalue weighted by Gasteiger charge is 2.31. The van der Waals surface area contributed by atoms with Crippen LogP contribution < -0.4 is 19.1 Å². The first kappa shape index (κ1) is 28.4. The summed E-state index contributed by atoms with van der Waals surface area (Å²) in [6.07, 6.45) is -4.62. The molecule has 3 aromatic carbocycles. The first-order valence-corrected chi connectivity index (χ1v) is 13.6. The van der Waals surface area contributed by atoms with Crippen LogP contribution in [-0.2, 0) is 21.0 Å². The number of hydrogen-bond acceptors (Lipinski definition) is 6. The Morgan fingerprint density at radius 3 is 2.31 bits per heavy atom. The Balaban J connectivity index is 1.32. The normalized spacial score (nSPS) is 14.2. The molecule has 3 aromatic rings. The van der Waals surface area contributed by atoms with Crippen LogP contribution >= 0.6 is 11.6 Å². The van der Waals surface area contributed by atoms with Crippen LogP contribution in [-0.4, -0.2) is 59.1 Å². The van der Waals surface area contributed by atoms with E-state index in [-0.39, 0.29) is 33.9 Å². The van der Waals surface area contributed by atoms with E-state index >= 15 is 0 Å². The zero-order chi connectivity index (χ0) is 28.2. The molecule has 0 aliphatic carbocycles. The van der Waals surface area contributed by atoms with E-state index in [1.54, 1.807) is 12.0 Å². The third-order valence-electron chi connectivity index (χ3n) is 6.08. The van der Waals surface area contributed by atoms with Gasteiger partial charge < -0.3 is 19.3 Å². The molecular weight excluding hydrogens is 559 g/mol. The van der Waals surface area contributed by atoms with Crippen molar-refractivity contribution >= 4 is 38.9 Å². The lowest BCUT2D eigenvalue weighted by Crippen LogP contribution is -2.50. The Kier molecular flexibility index (Phi) is 8.45. The van der Waals surface area contributed by atoms with Crippen molar-refractivity contribution in [2.75, 3.05) is 49.5 Å². The number of amides is 1. The first-order chi connectivity index (χ1) is 18.5. The highest BCUT2D eigenvalue weighted by Crippen LogP contribution is 2.32. The van der Waals surface area contributed by atoms with Crippen molar-refractivity contribution in [3.63, 3.8) is 0 Å². The zero-order valence-electron chi connectivity index (χ0n) is 20.7. The number of nitrogens with zero attached hydrogens (tertiary/aromatic N) is 2. The molecule has 0 bridgehead atoms. The van der Waals surface area contributed by atoms with Crippen LogP contribution in [0.25, 0.3) is 0 Å². The van der Waals surface area contributed by atoms with Crippen molar-refractivity contribution in [2.45, 2.75) is 11.1 Å². The smallest absolute Gasteiger partial charge is 0.416 e. The summed E-state index contributed by atoms with van der Waals surface area (Å²) >= 11 is 6.19. The molecule has 0 atom stereocenters. The van der Waals surface area contributed by atoms with E-state index < -0.39 is 21.8 Å². The molecule has 0 saturated carbocycles. The van der Waals surface area contributed by atoms with Gasteiger partial charge >= 0.3 is 6.18 Å². The summed E-state index contributed by atoms with van der Waals surface area (Å²) in [5.41, 5.74) is -0.209. The highest BCUT2D eigenvalue weighted by molar-refractivity contribution is 7.92. The van der Waals surface area contributed by atoms with E-state index in [1.165, 1.54) is 18.2 Å². The van der Waals surface area contributed by atoms with Gasteiger partial charge in [0.1, 0.15) is 11.5 Å². The average molecular weight is 584 g/mol. The Morgan fingerprint density at radius 2 is 1.69 bits per heavy atom. The summed E-state index contributed by atoms with van der Waals surface area (Å²) in [7, 11) is -2.64. The maximum Gasteiger partial charge on any atom is 0.416 e. The molecule has 1 aliphatic heterocycles. The average Bonchev–Trinajstić information content (AvgIpc) is 2.92. The minimum absolute atomic E-state index is 0.0703. The largest absolute Gasteiger partial charge is 0.497 e. The van der Waals surface area contributed by atoms with Crippen LogP contribution in [0.15, 0.2) is 71.6 Å². The molecule has 39 heavy (non-hydrogen) atoms. The van der Waals surface area contributed by atoms with E-state index in [2.05, 4.69) is 9.62 Å². The number of ether oxygens (including phenoxy) is 2. The molecule has 1 heterocycles.